The monoisotopic (exact) mass is 415 g/mol. The van der Waals surface area contributed by atoms with Crippen molar-refractivity contribution in [2.45, 2.75) is 6.92 Å². The number of hydrogen-bond acceptors (Lipinski definition) is 5. The number of rotatable bonds is 4. The largest absolute Gasteiger partial charge is 0.450 e. The summed E-state index contributed by atoms with van der Waals surface area (Å²) >= 11 is 3.38. The van der Waals surface area contributed by atoms with Crippen LogP contribution >= 0.6 is 15.9 Å². The van der Waals surface area contributed by atoms with Crippen molar-refractivity contribution < 1.29 is 18.7 Å². The van der Waals surface area contributed by atoms with Crippen LogP contribution < -0.4 is 10.7 Å². The van der Waals surface area contributed by atoms with Gasteiger partial charge in [0, 0.05) is 16.2 Å². The molecule has 0 saturated carbocycles. The number of para-hydroxylation sites is 1. The van der Waals surface area contributed by atoms with E-state index in [1.165, 1.54) is 0 Å². The van der Waals surface area contributed by atoms with Crippen LogP contribution in [0, 0.1) is 6.92 Å². The standard InChI is InChI=1S/C19H14BrNO5/c1-11-8-12(6-7-14(11)20)21-18(23)10-25-19(24)17-9-15(22)13-4-2-3-5-16(13)26-17/h2-9H,10H2,1H3,(H,21,23). The van der Waals surface area contributed by atoms with E-state index < -0.39 is 18.5 Å². The maximum atomic E-state index is 12.1. The molecular formula is C19H14BrNO5. The number of amides is 1. The summed E-state index contributed by atoms with van der Waals surface area (Å²) in [4.78, 5) is 36.0. The van der Waals surface area contributed by atoms with Gasteiger partial charge in [-0.15, -0.1) is 0 Å². The van der Waals surface area contributed by atoms with Crippen LogP contribution in [0.15, 0.2) is 62.2 Å². The smallest absolute Gasteiger partial charge is 0.374 e. The van der Waals surface area contributed by atoms with Crippen molar-refractivity contribution in [3.8, 4) is 0 Å². The van der Waals surface area contributed by atoms with Crippen molar-refractivity contribution >= 4 is 44.5 Å². The van der Waals surface area contributed by atoms with Gasteiger partial charge in [0.25, 0.3) is 5.91 Å². The molecule has 0 atom stereocenters. The third kappa shape index (κ3) is 4.00. The molecule has 2 aromatic carbocycles. The van der Waals surface area contributed by atoms with Crippen molar-refractivity contribution in [3.63, 3.8) is 0 Å². The molecule has 3 aromatic rings. The number of anilines is 1. The fourth-order valence-corrected chi connectivity index (χ4v) is 2.57. The first kappa shape index (κ1) is 17.9. The first-order chi connectivity index (χ1) is 12.4. The van der Waals surface area contributed by atoms with E-state index in [-0.39, 0.29) is 16.8 Å². The van der Waals surface area contributed by atoms with E-state index in [9.17, 15) is 14.4 Å². The Morgan fingerprint density at radius 1 is 1.15 bits per heavy atom. The van der Waals surface area contributed by atoms with Crippen molar-refractivity contribution in [1.29, 1.82) is 0 Å². The SMILES string of the molecule is Cc1cc(NC(=O)COC(=O)c2cc(=O)c3ccccc3o2)ccc1Br. The molecule has 0 aliphatic rings. The van der Waals surface area contributed by atoms with Gasteiger partial charge in [-0.25, -0.2) is 4.79 Å². The molecule has 0 spiro atoms. The molecule has 0 bridgehead atoms. The molecule has 26 heavy (non-hydrogen) atoms. The first-order valence-electron chi connectivity index (χ1n) is 7.70. The fourth-order valence-electron chi connectivity index (χ4n) is 2.33. The highest BCUT2D eigenvalue weighted by molar-refractivity contribution is 9.10. The number of carbonyl (C=O) groups is 2. The van der Waals surface area contributed by atoms with Gasteiger partial charge in [0.15, 0.2) is 12.0 Å². The third-order valence-corrected chi connectivity index (χ3v) is 4.50. The van der Waals surface area contributed by atoms with E-state index in [2.05, 4.69) is 21.2 Å². The lowest BCUT2D eigenvalue weighted by atomic mass is 10.2. The van der Waals surface area contributed by atoms with E-state index in [4.69, 9.17) is 9.15 Å². The number of aryl methyl sites for hydroxylation is 1. The highest BCUT2D eigenvalue weighted by atomic mass is 79.9. The van der Waals surface area contributed by atoms with Gasteiger partial charge in [0.2, 0.25) is 5.76 Å². The molecule has 0 unspecified atom stereocenters. The van der Waals surface area contributed by atoms with Gasteiger partial charge in [-0.2, -0.15) is 0 Å². The number of benzene rings is 2. The molecule has 0 fully saturated rings. The van der Waals surface area contributed by atoms with Crippen LogP contribution in [0.3, 0.4) is 0 Å². The average Bonchev–Trinajstić information content (AvgIpc) is 2.63. The van der Waals surface area contributed by atoms with Gasteiger partial charge in [0.05, 0.1) is 5.39 Å². The minimum atomic E-state index is -0.880. The van der Waals surface area contributed by atoms with Crippen LogP contribution in [-0.4, -0.2) is 18.5 Å². The molecule has 1 amide bonds. The molecule has 0 saturated heterocycles. The van der Waals surface area contributed by atoms with Crippen LogP contribution in [0.4, 0.5) is 5.69 Å². The first-order valence-corrected chi connectivity index (χ1v) is 8.49. The Kier molecular flexibility index (Phi) is 5.18. The lowest BCUT2D eigenvalue weighted by molar-refractivity contribution is -0.119. The summed E-state index contributed by atoms with van der Waals surface area (Å²) in [6.45, 7) is 1.39. The van der Waals surface area contributed by atoms with Gasteiger partial charge in [-0.05, 0) is 42.8 Å². The lowest BCUT2D eigenvalue weighted by Gasteiger charge is -2.08. The normalized spacial score (nSPS) is 10.5. The summed E-state index contributed by atoms with van der Waals surface area (Å²) in [5.74, 6) is -1.63. The van der Waals surface area contributed by atoms with E-state index in [1.807, 2.05) is 6.92 Å². The van der Waals surface area contributed by atoms with Crippen LogP contribution in [0.2, 0.25) is 0 Å². The molecule has 7 heteroatoms. The number of fused-ring (bicyclic) bond motifs is 1. The summed E-state index contributed by atoms with van der Waals surface area (Å²) in [6.07, 6.45) is 0. The predicted molar refractivity (Wildman–Crippen MR) is 100 cm³/mol. The van der Waals surface area contributed by atoms with Crippen molar-refractivity contribution in [2.24, 2.45) is 0 Å². The third-order valence-electron chi connectivity index (χ3n) is 3.61. The van der Waals surface area contributed by atoms with Crippen LogP contribution in [0.1, 0.15) is 16.1 Å². The molecule has 6 nitrogen and oxygen atoms in total. The molecule has 1 aromatic heterocycles. The second-order valence-corrected chi connectivity index (χ2v) is 6.41. The molecule has 3 rings (SSSR count). The number of halogens is 1. The zero-order valence-electron chi connectivity index (χ0n) is 13.7. The van der Waals surface area contributed by atoms with E-state index in [0.29, 0.717) is 11.1 Å². The summed E-state index contributed by atoms with van der Waals surface area (Å²) in [5, 5.41) is 3.00. The van der Waals surface area contributed by atoms with Crippen LogP contribution in [0.25, 0.3) is 11.0 Å². The predicted octanol–water partition coefficient (Wildman–Crippen LogP) is 3.66. The highest BCUT2D eigenvalue weighted by Gasteiger charge is 2.15. The molecule has 1 heterocycles. The number of carbonyl (C=O) groups excluding carboxylic acids is 2. The zero-order valence-corrected chi connectivity index (χ0v) is 15.3. The topological polar surface area (TPSA) is 85.6 Å². The van der Waals surface area contributed by atoms with Crippen molar-refractivity contribution in [3.05, 3.63) is 74.6 Å². The van der Waals surface area contributed by atoms with Gasteiger partial charge in [-0.3, -0.25) is 9.59 Å². The van der Waals surface area contributed by atoms with E-state index in [1.54, 1.807) is 42.5 Å². The lowest BCUT2D eigenvalue weighted by Crippen LogP contribution is -2.21. The van der Waals surface area contributed by atoms with Crippen molar-refractivity contribution in [2.75, 3.05) is 11.9 Å². The van der Waals surface area contributed by atoms with Gasteiger partial charge in [-0.1, -0.05) is 28.1 Å². The Morgan fingerprint density at radius 3 is 2.69 bits per heavy atom. The van der Waals surface area contributed by atoms with Crippen LogP contribution in [0.5, 0.6) is 0 Å². The Hall–Kier alpha value is -2.93. The molecule has 0 radical (unpaired) electrons. The maximum Gasteiger partial charge on any atom is 0.374 e. The molecule has 0 aliphatic heterocycles. The molecule has 132 valence electrons. The summed E-state index contributed by atoms with van der Waals surface area (Å²) in [7, 11) is 0. The summed E-state index contributed by atoms with van der Waals surface area (Å²) < 4.78 is 11.2. The Balaban J connectivity index is 1.65. The average molecular weight is 416 g/mol. The van der Waals surface area contributed by atoms with Crippen LogP contribution in [-0.2, 0) is 9.53 Å². The Morgan fingerprint density at radius 2 is 1.92 bits per heavy atom. The zero-order chi connectivity index (χ0) is 18.7. The second-order valence-electron chi connectivity index (χ2n) is 5.56. The number of nitrogens with one attached hydrogen (secondary N) is 1. The summed E-state index contributed by atoms with van der Waals surface area (Å²) in [6, 6.07) is 12.9. The minimum absolute atomic E-state index is 0.249. The Bertz CT molecular complexity index is 1060. The van der Waals surface area contributed by atoms with Gasteiger partial charge in [0.1, 0.15) is 5.58 Å². The van der Waals surface area contributed by atoms with Gasteiger partial charge < -0.3 is 14.5 Å². The maximum absolute atomic E-state index is 12.1. The minimum Gasteiger partial charge on any atom is -0.450 e. The molecule has 1 N–H and O–H groups in total. The molecular weight excluding hydrogens is 402 g/mol. The number of esters is 1. The van der Waals surface area contributed by atoms with E-state index in [0.717, 1.165) is 16.1 Å². The number of ether oxygens (including phenoxy) is 1. The Labute approximate surface area is 156 Å². The highest BCUT2D eigenvalue weighted by Crippen LogP contribution is 2.20. The fraction of sp³-hybridized carbons (Fsp3) is 0.105. The van der Waals surface area contributed by atoms with E-state index >= 15 is 0 Å². The molecule has 0 aliphatic carbocycles. The number of hydrogen-bond donors (Lipinski definition) is 1. The summed E-state index contributed by atoms with van der Waals surface area (Å²) in [5.41, 5.74) is 1.47. The quantitative estimate of drug-likeness (QED) is 0.657. The van der Waals surface area contributed by atoms with Crippen molar-refractivity contribution in [1.82, 2.24) is 0 Å². The van der Waals surface area contributed by atoms with Gasteiger partial charge >= 0.3 is 5.97 Å². The second kappa shape index (κ2) is 7.53.